The number of aromatic nitrogens is 3. The second-order valence-corrected chi connectivity index (χ2v) is 11.5. The van der Waals surface area contributed by atoms with E-state index in [0.29, 0.717) is 28.8 Å². The van der Waals surface area contributed by atoms with Crippen molar-refractivity contribution in [2.24, 2.45) is 14.1 Å². The van der Waals surface area contributed by atoms with Crippen molar-refractivity contribution in [1.29, 1.82) is 0 Å². The maximum Gasteiger partial charge on any atom is 0.257 e. The van der Waals surface area contributed by atoms with Crippen LogP contribution in [0, 0.1) is 6.92 Å². The number of hydrogen-bond donors (Lipinski definition) is 1. The first kappa shape index (κ1) is 30.0. The van der Waals surface area contributed by atoms with E-state index in [0.717, 1.165) is 72.9 Å². The summed E-state index contributed by atoms with van der Waals surface area (Å²) in [6, 6.07) is 14.3. The van der Waals surface area contributed by atoms with E-state index in [1.165, 1.54) is 11.1 Å². The van der Waals surface area contributed by atoms with Crippen LogP contribution in [0.3, 0.4) is 0 Å². The Hall–Kier alpha value is -3.52. The van der Waals surface area contributed by atoms with Crippen molar-refractivity contribution < 1.29 is 9.53 Å². The number of nitrogens with one attached hydrogen (secondary N) is 1. The molecule has 4 aromatic rings. The van der Waals surface area contributed by atoms with Crippen molar-refractivity contribution in [1.82, 2.24) is 19.2 Å². The van der Waals surface area contributed by atoms with Crippen LogP contribution in [-0.2, 0) is 40.0 Å². The molecule has 0 unspecified atom stereocenters. The first-order chi connectivity index (χ1) is 20.3. The molecule has 0 atom stereocenters. The van der Waals surface area contributed by atoms with Gasteiger partial charge in [0, 0.05) is 61.6 Å². The number of nitrogens with zero attached hydrogens (tertiary/aromatic N) is 4. The molecule has 0 aliphatic carbocycles. The van der Waals surface area contributed by atoms with E-state index in [-0.39, 0.29) is 5.91 Å². The van der Waals surface area contributed by atoms with Crippen LogP contribution in [0.1, 0.15) is 44.9 Å². The van der Waals surface area contributed by atoms with Gasteiger partial charge in [-0.2, -0.15) is 5.10 Å². The van der Waals surface area contributed by atoms with Gasteiger partial charge < -0.3 is 14.6 Å². The van der Waals surface area contributed by atoms with Crippen molar-refractivity contribution in [3.8, 4) is 17.0 Å². The average Bonchev–Trinajstić information content (AvgIpc) is 3.48. The molecule has 0 bridgehead atoms. The SMILES string of the molecule is C=CCOc1cccc2c1CCN(Cc1ccc(Cl)cc1-c1cc(C(=O)Nc3cnn(C)c3CCCCl)c(C)n1C)C2. The second-order valence-electron chi connectivity index (χ2n) is 10.7. The third-order valence-corrected chi connectivity index (χ3v) is 8.54. The number of rotatable bonds is 11. The number of carbonyl (C=O) groups excluding carboxylic acids is 1. The van der Waals surface area contributed by atoms with Crippen LogP contribution in [0.4, 0.5) is 5.69 Å². The molecule has 2 aromatic heterocycles. The van der Waals surface area contributed by atoms with Crippen LogP contribution in [0.2, 0.25) is 5.02 Å². The average molecular weight is 607 g/mol. The Morgan fingerprint density at radius 1 is 1.21 bits per heavy atom. The van der Waals surface area contributed by atoms with Crippen LogP contribution in [0.15, 0.2) is 61.3 Å². The van der Waals surface area contributed by atoms with Crippen molar-refractivity contribution in [2.45, 2.75) is 39.3 Å². The first-order valence-electron chi connectivity index (χ1n) is 14.2. The number of anilines is 1. The molecule has 1 N–H and O–H groups in total. The summed E-state index contributed by atoms with van der Waals surface area (Å²) >= 11 is 12.4. The third kappa shape index (κ3) is 6.28. The van der Waals surface area contributed by atoms with E-state index in [4.69, 9.17) is 27.9 Å². The zero-order valence-corrected chi connectivity index (χ0v) is 25.9. The predicted molar refractivity (Wildman–Crippen MR) is 171 cm³/mol. The van der Waals surface area contributed by atoms with Crippen LogP contribution in [-0.4, -0.2) is 44.2 Å². The molecule has 42 heavy (non-hydrogen) atoms. The minimum atomic E-state index is -0.167. The molecule has 1 aliphatic rings. The number of carbonyl (C=O) groups is 1. The lowest BCUT2D eigenvalue weighted by molar-refractivity contribution is 0.102. The van der Waals surface area contributed by atoms with E-state index in [1.54, 1.807) is 17.0 Å². The highest BCUT2D eigenvalue weighted by Gasteiger charge is 2.23. The zero-order valence-electron chi connectivity index (χ0n) is 24.4. The van der Waals surface area contributed by atoms with E-state index in [9.17, 15) is 4.79 Å². The maximum absolute atomic E-state index is 13.5. The summed E-state index contributed by atoms with van der Waals surface area (Å²) in [6.45, 7) is 8.74. The van der Waals surface area contributed by atoms with Crippen LogP contribution < -0.4 is 10.1 Å². The summed E-state index contributed by atoms with van der Waals surface area (Å²) in [4.78, 5) is 16.0. The van der Waals surface area contributed by atoms with Crippen molar-refractivity contribution in [3.63, 3.8) is 0 Å². The Morgan fingerprint density at radius 2 is 2.05 bits per heavy atom. The van der Waals surface area contributed by atoms with E-state index in [2.05, 4.69) is 44.7 Å². The number of benzene rings is 2. The summed E-state index contributed by atoms with van der Waals surface area (Å²) in [5.41, 5.74) is 8.84. The third-order valence-electron chi connectivity index (χ3n) is 8.04. The smallest absolute Gasteiger partial charge is 0.257 e. The monoisotopic (exact) mass is 605 g/mol. The maximum atomic E-state index is 13.5. The summed E-state index contributed by atoms with van der Waals surface area (Å²) in [6.07, 6.45) is 5.94. The fraction of sp³-hybridized carbons (Fsp3) is 0.333. The number of alkyl halides is 1. The van der Waals surface area contributed by atoms with E-state index < -0.39 is 0 Å². The minimum Gasteiger partial charge on any atom is -0.489 e. The molecule has 0 radical (unpaired) electrons. The summed E-state index contributed by atoms with van der Waals surface area (Å²) in [7, 11) is 3.87. The number of halogens is 2. The Kier molecular flexibility index (Phi) is 9.41. The normalized spacial score (nSPS) is 13.2. The number of aryl methyl sites for hydroxylation is 1. The highest BCUT2D eigenvalue weighted by Crippen LogP contribution is 2.34. The molecule has 0 fully saturated rings. The van der Waals surface area contributed by atoms with E-state index >= 15 is 0 Å². The van der Waals surface area contributed by atoms with Gasteiger partial charge in [-0.15, -0.1) is 11.6 Å². The van der Waals surface area contributed by atoms with Crippen LogP contribution in [0.5, 0.6) is 5.75 Å². The van der Waals surface area contributed by atoms with Gasteiger partial charge in [0.1, 0.15) is 12.4 Å². The number of ether oxygens (including phenoxy) is 1. The first-order valence-corrected chi connectivity index (χ1v) is 15.1. The van der Waals surface area contributed by atoms with Crippen molar-refractivity contribution in [3.05, 3.63) is 100.0 Å². The lowest BCUT2D eigenvalue weighted by Gasteiger charge is -2.30. The van der Waals surface area contributed by atoms with Gasteiger partial charge in [0.25, 0.3) is 5.91 Å². The van der Waals surface area contributed by atoms with E-state index in [1.807, 2.05) is 45.3 Å². The molecule has 220 valence electrons. The lowest BCUT2D eigenvalue weighted by atomic mass is 9.97. The Balaban J connectivity index is 1.39. The molecule has 1 aliphatic heterocycles. The van der Waals surface area contributed by atoms with Gasteiger partial charge in [-0.3, -0.25) is 14.4 Å². The molecular formula is C33H37Cl2N5O2. The second kappa shape index (κ2) is 13.2. The Morgan fingerprint density at radius 3 is 2.83 bits per heavy atom. The summed E-state index contributed by atoms with van der Waals surface area (Å²) in [5.74, 6) is 1.33. The Labute approximate surface area is 257 Å². The van der Waals surface area contributed by atoms with Crippen LogP contribution >= 0.6 is 23.2 Å². The van der Waals surface area contributed by atoms with Gasteiger partial charge >= 0.3 is 0 Å². The molecule has 5 rings (SSSR count). The molecule has 3 heterocycles. The van der Waals surface area contributed by atoms with Crippen molar-refractivity contribution in [2.75, 3.05) is 24.3 Å². The van der Waals surface area contributed by atoms with Gasteiger partial charge in [0.15, 0.2) is 0 Å². The molecule has 0 saturated carbocycles. The predicted octanol–water partition coefficient (Wildman–Crippen LogP) is 6.93. The zero-order chi connectivity index (χ0) is 29.8. The molecular weight excluding hydrogens is 569 g/mol. The number of amides is 1. The molecule has 1 amide bonds. The van der Waals surface area contributed by atoms with Gasteiger partial charge in [-0.1, -0.05) is 42.5 Å². The highest BCUT2D eigenvalue weighted by molar-refractivity contribution is 6.30. The topological polar surface area (TPSA) is 64.3 Å². The van der Waals surface area contributed by atoms with Crippen molar-refractivity contribution >= 4 is 34.8 Å². The number of fused-ring (bicyclic) bond motifs is 1. The lowest BCUT2D eigenvalue weighted by Crippen LogP contribution is -2.30. The van der Waals surface area contributed by atoms with Gasteiger partial charge in [-0.05, 0) is 67.1 Å². The molecule has 0 saturated heterocycles. The molecule has 9 heteroatoms. The largest absolute Gasteiger partial charge is 0.489 e. The summed E-state index contributed by atoms with van der Waals surface area (Å²) in [5, 5.41) is 8.08. The quantitative estimate of drug-likeness (QED) is 0.149. The van der Waals surface area contributed by atoms with Gasteiger partial charge in [-0.25, -0.2) is 0 Å². The molecule has 2 aromatic carbocycles. The number of hydrogen-bond acceptors (Lipinski definition) is 4. The van der Waals surface area contributed by atoms with Gasteiger partial charge in [0.05, 0.1) is 23.1 Å². The summed E-state index contributed by atoms with van der Waals surface area (Å²) < 4.78 is 9.76. The minimum absolute atomic E-state index is 0.167. The fourth-order valence-corrected chi connectivity index (χ4v) is 6.00. The van der Waals surface area contributed by atoms with Crippen LogP contribution in [0.25, 0.3) is 11.3 Å². The fourth-order valence-electron chi connectivity index (χ4n) is 5.69. The molecule has 0 spiro atoms. The highest BCUT2D eigenvalue weighted by atomic mass is 35.5. The van der Waals surface area contributed by atoms with Gasteiger partial charge in [0.2, 0.25) is 0 Å². The standard InChI is InChI=1S/C33H37Cl2N5O2/c1-5-16-42-32-10-6-8-23-20-40(15-13-26(23)32)21-24-11-12-25(35)17-28(24)31-18-27(22(2)38(31)3)33(41)37-29-19-36-39(4)30(29)9-7-14-34/h5-6,8,10-12,17-19H,1,7,9,13-16,20-21H2,2-4H3,(H,37,41). The molecule has 7 nitrogen and oxygen atoms in total. The Bertz CT molecular complexity index is 1610.